The highest BCUT2D eigenvalue weighted by molar-refractivity contribution is 5.17. The number of nitrogens with one attached hydrogen (secondary N) is 1. The average Bonchev–Trinajstić information content (AvgIpc) is 2.37. The van der Waals surface area contributed by atoms with Crippen LogP contribution < -0.4 is 9.60 Å². The maximum absolute atomic E-state index is 2.31. The Morgan fingerprint density at radius 1 is 1.36 bits per heavy atom. The van der Waals surface area contributed by atoms with E-state index in [1.165, 1.54) is 29.9 Å². The standard InChI is InChI=1S/C9H15N.FH/c1-3-6-10-7-5-9(4-2)8-10;/h5,7-8H,3-4,6H2,1-2H3;1H. The SMILES string of the molecule is CCC[NH+]1C=CC(CC)=C1.[F-]. The summed E-state index contributed by atoms with van der Waals surface area (Å²) in [6, 6.07) is 0. The van der Waals surface area contributed by atoms with Crippen molar-refractivity contribution in [2.75, 3.05) is 6.54 Å². The van der Waals surface area contributed by atoms with Crippen molar-refractivity contribution in [3.05, 3.63) is 24.0 Å². The summed E-state index contributed by atoms with van der Waals surface area (Å²) in [5.74, 6) is 0. The first-order valence-corrected chi connectivity index (χ1v) is 4.11. The van der Waals surface area contributed by atoms with Gasteiger partial charge in [-0.3, -0.25) is 4.90 Å². The fourth-order valence-corrected chi connectivity index (χ4v) is 1.21. The predicted molar refractivity (Wildman–Crippen MR) is 43.6 cm³/mol. The van der Waals surface area contributed by atoms with E-state index in [9.17, 15) is 0 Å². The summed E-state index contributed by atoms with van der Waals surface area (Å²) in [4.78, 5) is 1.50. The molecule has 0 aromatic rings. The largest absolute Gasteiger partial charge is 1.00 e. The quantitative estimate of drug-likeness (QED) is 0.488. The Morgan fingerprint density at radius 3 is 2.55 bits per heavy atom. The van der Waals surface area contributed by atoms with Crippen LogP contribution in [-0.4, -0.2) is 6.54 Å². The van der Waals surface area contributed by atoms with Crippen LogP contribution in [0.1, 0.15) is 26.7 Å². The van der Waals surface area contributed by atoms with Gasteiger partial charge < -0.3 is 4.70 Å². The zero-order valence-electron chi connectivity index (χ0n) is 7.23. The van der Waals surface area contributed by atoms with Gasteiger partial charge in [-0.15, -0.1) is 0 Å². The highest BCUT2D eigenvalue weighted by Gasteiger charge is 2.07. The number of allylic oxidation sites excluding steroid dienone is 2. The summed E-state index contributed by atoms with van der Waals surface area (Å²) >= 11 is 0. The molecule has 1 nitrogen and oxygen atoms in total. The molecule has 0 bridgehead atoms. The minimum absolute atomic E-state index is 0. The van der Waals surface area contributed by atoms with Gasteiger partial charge in [0, 0.05) is 11.6 Å². The van der Waals surface area contributed by atoms with Crippen molar-refractivity contribution < 1.29 is 9.60 Å². The molecule has 0 amide bonds. The van der Waals surface area contributed by atoms with Crippen molar-refractivity contribution >= 4 is 0 Å². The molecule has 0 fully saturated rings. The monoisotopic (exact) mass is 157 g/mol. The molecule has 0 saturated heterocycles. The van der Waals surface area contributed by atoms with E-state index < -0.39 is 0 Å². The summed E-state index contributed by atoms with van der Waals surface area (Å²) in [5, 5.41) is 0. The Kier molecular flexibility index (Phi) is 4.79. The second-order valence-corrected chi connectivity index (χ2v) is 2.73. The third kappa shape index (κ3) is 2.85. The minimum atomic E-state index is 0. The molecule has 1 aliphatic heterocycles. The van der Waals surface area contributed by atoms with E-state index in [0.29, 0.717) is 0 Å². The van der Waals surface area contributed by atoms with Crippen LogP contribution in [0.2, 0.25) is 0 Å². The Hall–Kier alpha value is -0.630. The summed E-state index contributed by atoms with van der Waals surface area (Å²) in [6.45, 7) is 5.66. The van der Waals surface area contributed by atoms with Crippen LogP contribution in [0.15, 0.2) is 24.0 Å². The lowest BCUT2D eigenvalue weighted by Gasteiger charge is -2.02. The third-order valence-electron chi connectivity index (χ3n) is 1.83. The van der Waals surface area contributed by atoms with Gasteiger partial charge >= 0.3 is 0 Å². The molecule has 1 atom stereocenters. The second kappa shape index (κ2) is 5.08. The fraction of sp³-hybridized carbons (Fsp3) is 0.556. The van der Waals surface area contributed by atoms with Crippen molar-refractivity contribution in [3.8, 4) is 0 Å². The highest BCUT2D eigenvalue weighted by atomic mass is 19.0. The normalized spacial score (nSPS) is 21.3. The van der Waals surface area contributed by atoms with E-state index in [-0.39, 0.29) is 4.70 Å². The van der Waals surface area contributed by atoms with E-state index >= 15 is 0 Å². The molecule has 0 radical (unpaired) electrons. The minimum Gasteiger partial charge on any atom is -1.00 e. The van der Waals surface area contributed by atoms with E-state index in [4.69, 9.17) is 0 Å². The van der Waals surface area contributed by atoms with Crippen LogP contribution in [0.25, 0.3) is 0 Å². The molecule has 2 heteroatoms. The van der Waals surface area contributed by atoms with Gasteiger partial charge in [0.15, 0.2) is 0 Å². The van der Waals surface area contributed by atoms with Gasteiger partial charge in [0.05, 0.1) is 12.7 Å². The lowest BCUT2D eigenvalue weighted by Crippen LogP contribution is -3.01. The van der Waals surface area contributed by atoms with Crippen molar-refractivity contribution in [1.82, 2.24) is 0 Å². The van der Waals surface area contributed by atoms with Crippen molar-refractivity contribution in [2.45, 2.75) is 26.7 Å². The first-order valence-electron chi connectivity index (χ1n) is 4.11. The Balaban J connectivity index is 0.000001000. The van der Waals surface area contributed by atoms with Crippen molar-refractivity contribution in [1.29, 1.82) is 0 Å². The Morgan fingerprint density at radius 2 is 2.09 bits per heavy atom. The molecule has 0 saturated carbocycles. The first kappa shape index (κ1) is 10.4. The number of quaternary nitrogens is 1. The molecule has 0 spiro atoms. The van der Waals surface area contributed by atoms with Gasteiger partial charge in [0.25, 0.3) is 0 Å². The van der Waals surface area contributed by atoms with Crippen LogP contribution in [0.4, 0.5) is 0 Å². The lowest BCUT2D eigenvalue weighted by atomic mass is 10.2. The van der Waals surface area contributed by atoms with Crippen molar-refractivity contribution in [3.63, 3.8) is 0 Å². The van der Waals surface area contributed by atoms with Crippen molar-refractivity contribution in [2.24, 2.45) is 0 Å². The van der Waals surface area contributed by atoms with Crippen LogP contribution in [0, 0.1) is 0 Å². The third-order valence-corrected chi connectivity index (χ3v) is 1.83. The molecule has 0 aromatic heterocycles. The van der Waals surface area contributed by atoms with Crippen LogP contribution in [0.5, 0.6) is 0 Å². The van der Waals surface area contributed by atoms with Gasteiger partial charge in [-0.05, 0) is 12.8 Å². The van der Waals surface area contributed by atoms with E-state index in [1.54, 1.807) is 0 Å². The summed E-state index contributed by atoms with van der Waals surface area (Å²) in [5.41, 5.74) is 1.48. The van der Waals surface area contributed by atoms with Crippen LogP contribution in [0.3, 0.4) is 0 Å². The second-order valence-electron chi connectivity index (χ2n) is 2.73. The van der Waals surface area contributed by atoms with Gasteiger partial charge in [0.2, 0.25) is 0 Å². The molecule has 64 valence electrons. The maximum Gasteiger partial charge on any atom is 0.102 e. The molecule has 1 N–H and O–H groups in total. The van der Waals surface area contributed by atoms with E-state index in [2.05, 4.69) is 32.3 Å². The molecule has 11 heavy (non-hydrogen) atoms. The summed E-state index contributed by atoms with van der Waals surface area (Å²) < 4.78 is 0. The zero-order valence-corrected chi connectivity index (χ0v) is 7.23. The van der Waals surface area contributed by atoms with Crippen LogP contribution >= 0.6 is 0 Å². The molecule has 0 aromatic carbocycles. The topological polar surface area (TPSA) is 4.44 Å². The summed E-state index contributed by atoms with van der Waals surface area (Å²) in [7, 11) is 0. The lowest BCUT2D eigenvalue weighted by molar-refractivity contribution is -0.787. The van der Waals surface area contributed by atoms with Gasteiger partial charge in [-0.2, -0.15) is 0 Å². The smallest absolute Gasteiger partial charge is 0.102 e. The predicted octanol–water partition coefficient (Wildman–Crippen LogP) is -1.89. The molecule has 0 aliphatic carbocycles. The maximum atomic E-state index is 2.31. The highest BCUT2D eigenvalue weighted by Crippen LogP contribution is 2.01. The molecule has 1 rings (SSSR count). The number of hydrogen-bond acceptors (Lipinski definition) is 0. The average molecular weight is 157 g/mol. The molecule has 1 heterocycles. The van der Waals surface area contributed by atoms with Crippen LogP contribution in [-0.2, 0) is 0 Å². The molecule has 1 unspecified atom stereocenters. The number of rotatable bonds is 3. The Bertz CT molecular complexity index is 161. The van der Waals surface area contributed by atoms with E-state index in [1.807, 2.05) is 0 Å². The zero-order chi connectivity index (χ0) is 7.40. The number of hydrogen-bond donors (Lipinski definition) is 1. The molecular weight excluding hydrogens is 141 g/mol. The fourth-order valence-electron chi connectivity index (χ4n) is 1.21. The Labute approximate surface area is 67.8 Å². The van der Waals surface area contributed by atoms with Gasteiger partial charge in [-0.1, -0.05) is 13.8 Å². The van der Waals surface area contributed by atoms with E-state index in [0.717, 1.165) is 0 Å². The van der Waals surface area contributed by atoms with Gasteiger partial charge in [-0.25, -0.2) is 0 Å². The number of halogens is 1. The first-order chi connectivity index (χ1) is 4.86. The summed E-state index contributed by atoms with van der Waals surface area (Å²) in [6.07, 6.45) is 9.20. The molecular formula is C9H16FN. The molecule has 1 aliphatic rings. The van der Waals surface area contributed by atoms with Gasteiger partial charge in [0.1, 0.15) is 6.20 Å².